The quantitative estimate of drug-likeness (QED) is 0.842. The van der Waals surface area contributed by atoms with Gasteiger partial charge < -0.3 is 4.90 Å². The molecule has 21 heavy (non-hydrogen) atoms. The molecule has 0 unspecified atom stereocenters. The summed E-state index contributed by atoms with van der Waals surface area (Å²) in [5.41, 5.74) is 1.90. The highest BCUT2D eigenvalue weighted by atomic mass is 32.1. The van der Waals surface area contributed by atoms with E-state index in [1.807, 2.05) is 16.2 Å². The zero-order chi connectivity index (χ0) is 14.2. The number of likely N-dealkylation sites (tertiary alicyclic amines) is 1. The third kappa shape index (κ3) is 2.34. The Morgan fingerprint density at radius 2 is 2.24 bits per heavy atom. The molecular formula is C15H16N4OS. The first-order chi connectivity index (χ1) is 10.3. The highest BCUT2D eigenvalue weighted by Crippen LogP contribution is 2.27. The summed E-state index contributed by atoms with van der Waals surface area (Å²) in [5.74, 6) is -0.00687. The second-order valence-corrected chi connectivity index (χ2v) is 6.54. The third-order valence-electron chi connectivity index (χ3n) is 4.29. The molecule has 4 rings (SSSR count). The number of aromatic nitrogens is 2. The zero-order valence-corrected chi connectivity index (χ0v) is 12.4. The molecule has 1 saturated heterocycles. The lowest BCUT2D eigenvalue weighted by atomic mass is 10.0. The summed E-state index contributed by atoms with van der Waals surface area (Å²) in [6.45, 7) is 3.73. The van der Waals surface area contributed by atoms with Gasteiger partial charge in [-0.2, -0.15) is 0 Å². The Kier molecular flexibility index (Phi) is 3.20. The Hall–Kier alpha value is -1.79. The number of nitrogens with zero attached hydrogens (tertiary/aromatic N) is 4. The molecule has 0 bridgehead atoms. The molecule has 1 fully saturated rings. The highest BCUT2D eigenvalue weighted by molar-refractivity contribution is 7.10. The van der Waals surface area contributed by atoms with Crippen LogP contribution >= 0.6 is 11.3 Å². The van der Waals surface area contributed by atoms with E-state index in [1.54, 1.807) is 12.4 Å². The summed E-state index contributed by atoms with van der Waals surface area (Å²) in [7, 11) is 0. The lowest BCUT2D eigenvalue weighted by molar-refractivity contribution is 0.0216. The second-order valence-electron chi connectivity index (χ2n) is 5.54. The van der Waals surface area contributed by atoms with Crippen LogP contribution in [0.15, 0.2) is 30.0 Å². The molecule has 108 valence electrons. The lowest BCUT2D eigenvalue weighted by Crippen LogP contribution is -2.61. The lowest BCUT2D eigenvalue weighted by Gasteiger charge is -2.46. The van der Waals surface area contributed by atoms with Crippen molar-refractivity contribution in [2.24, 2.45) is 0 Å². The standard InChI is InChI=1S/C15H16N4OS/c20-15(13-7-16-3-4-17-13)19-9-12(10-19)18-5-1-14-11(8-18)2-6-21-14/h2-4,6-7,12H,1,5,8-10H2. The van der Waals surface area contributed by atoms with E-state index in [9.17, 15) is 4.79 Å². The van der Waals surface area contributed by atoms with Gasteiger partial charge in [0.15, 0.2) is 0 Å². The summed E-state index contributed by atoms with van der Waals surface area (Å²) in [5, 5.41) is 2.18. The van der Waals surface area contributed by atoms with Gasteiger partial charge in [0, 0.05) is 49.5 Å². The molecular weight excluding hydrogens is 284 g/mol. The number of amides is 1. The smallest absolute Gasteiger partial charge is 0.274 e. The summed E-state index contributed by atoms with van der Waals surface area (Å²) >= 11 is 1.86. The van der Waals surface area contributed by atoms with Crippen LogP contribution in [-0.4, -0.2) is 51.4 Å². The van der Waals surface area contributed by atoms with Crippen LogP contribution in [0.4, 0.5) is 0 Å². The van der Waals surface area contributed by atoms with Crippen molar-refractivity contribution in [1.29, 1.82) is 0 Å². The van der Waals surface area contributed by atoms with Crippen molar-refractivity contribution < 1.29 is 4.79 Å². The van der Waals surface area contributed by atoms with E-state index < -0.39 is 0 Å². The minimum Gasteiger partial charge on any atom is -0.334 e. The number of fused-ring (bicyclic) bond motifs is 1. The summed E-state index contributed by atoms with van der Waals surface area (Å²) in [6, 6.07) is 2.71. The van der Waals surface area contributed by atoms with Gasteiger partial charge in [0.2, 0.25) is 0 Å². The van der Waals surface area contributed by atoms with Crippen LogP contribution in [0.25, 0.3) is 0 Å². The Labute approximate surface area is 127 Å². The number of thiophene rings is 1. The Morgan fingerprint density at radius 1 is 1.33 bits per heavy atom. The van der Waals surface area contributed by atoms with Crippen molar-refractivity contribution >= 4 is 17.2 Å². The topological polar surface area (TPSA) is 49.3 Å². The average Bonchev–Trinajstić information content (AvgIpc) is 2.94. The number of hydrogen-bond acceptors (Lipinski definition) is 5. The van der Waals surface area contributed by atoms with E-state index in [0.717, 1.165) is 32.6 Å². The van der Waals surface area contributed by atoms with Gasteiger partial charge in [0.05, 0.1) is 6.20 Å². The van der Waals surface area contributed by atoms with Crippen molar-refractivity contribution in [2.75, 3.05) is 19.6 Å². The van der Waals surface area contributed by atoms with Gasteiger partial charge in [-0.1, -0.05) is 0 Å². The Morgan fingerprint density at radius 3 is 3.05 bits per heavy atom. The van der Waals surface area contributed by atoms with Crippen LogP contribution in [0, 0.1) is 0 Å². The summed E-state index contributed by atoms with van der Waals surface area (Å²) in [6.07, 6.45) is 5.82. The van der Waals surface area contributed by atoms with Gasteiger partial charge in [0.25, 0.3) is 5.91 Å². The number of rotatable bonds is 2. The molecule has 0 saturated carbocycles. The number of hydrogen-bond donors (Lipinski definition) is 0. The maximum Gasteiger partial charge on any atom is 0.274 e. The molecule has 0 spiro atoms. The molecule has 2 aliphatic heterocycles. The average molecular weight is 300 g/mol. The SMILES string of the molecule is O=C(c1cnccn1)N1CC(N2CCc3sccc3C2)C1. The van der Waals surface area contributed by atoms with E-state index >= 15 is 0 Å². The molecule has 0 atom stereocenters. The van der Waals surface area contributed by atoms with Crippen LogP contribution < -0.4 is 0 Å². The normalized spacial score (nSPS) is 19.1. The van der Waals surface area contributed by atoms with Gasteiger partial charge in [-0.15, -0.1) is 11.3 Å². The fraction of sp³-hybridized carbons (Fsp3) is 0.400. The molecule has 2 aromatic rings. The van der Waals surface area contributed by atoms with Gasteiger partial charge in [-0.3, -0.25) is 14.7 Å². The van der Waals surface area contributed by atoms with Crippen LogP contribution in [0.5, 0.6) is 0 Å². The van der Waals surface area contributed by atoms with Gasteiger partial charge in [-0.25, -0.2) is 4.98 Å². The van der Waals surface area contributed by atoms with E-state index in [0.29, 0.717) is 11.7 Å². The van der Waals surface area contributed by atoms with Crippen molar-refractivity contribution in [3.05, 3.63) is 46.2 Å². The monoisotopic (exact) mass is 300 g/mol. The maximum atomic E-state index is 12.2. The van der Waals surface area contributed by atoms with Gasteiger partial charge in [-0.05, 0) is 23.4 Å². The first-order valence-electron chi connectivity index (χ1n) is 7.16. The maximum absolute atomic E-state index is 12.2. The van der Waals surface area contributed by atoms with Gasteiger partial charge >= 0.3 is 0 Å². The van der Waals surface area contributed by atoms with Crippen LogP contribution in [0.2, 0.25) is 0 Å². The predicted octanol–water partition coefficient (Wildman–Crippen LogP) is 1.42. The summed E-state index contributed by atoms with van der Waals surface area (Å²) < 4.78 is 0. The van der Waals surface area contributed by atoms with Crippen LogP contribution in [-0.2, 0) is 13.0 Å². The molecule has 0 aromatic carbocycles. The minimum atomic E-state index is -0.00687. The fourth-order valence-corrected chi connectivity index (χ4v) is 3.90. The zero-order valence-electron chi connectivity index (χ0n) is 11.6. The second kappa shape index (κ2) is 5.20. The third-order valence-corrected chi connectivity index (χ3v) is 5.31. The Bertz CT molecular complexity index is 651. The molecule has 0 radical (unpaired) electrons. The van der Waals surface area contributed by atoms with Crippen molar-refractivity contribution in [3.63, 3.8) is 0 Å². The molecule has 4 heterocycles. The molecule has 0 N–H and O–H groups in total. The summed E-state index contributed by atoms with van der Waals surface area (Å²) in [4.78, 5) is 26.1. The Balaban J connectivity index is 1.37. The minimum absolute atomic E-state index is 0.00687. The molecule has 2 aromatic heterocycles. The molecule has 6 heteroatoms. The van der Waals surface area contributed by atoms with E-state index in [2.05, 4.69) is 26.3 Å². The van der Waals surface area contributed by atoms with Crippen molar-refractivity contribution in [1.82, 2.24) is 19.8 Å². The predicted molar refractivity (Wildman–Crippen MR) is 80.2 cm³/mol. The first-order valence-corrected chi connectivity index (χ1v) is 8.04. The van der Waals surface area contributed by atoms with Crippen LogP contribution in [0.1, 0.15) is 20.9 Å². The van der Waals surface area contributed by atoms with Crippen LogP contribution in [0.3, 0.4) is 0 Å². The van der Waals surface area contributed by atoms with E-state index in [-0.39, 0.29) is 5.91 Å². The van der Waals surface area contributed by atoms with Crippen molar-refractivity contribution in [3.8, 4) is 0 Å². The highest BCUT2D eigenvalue weighted by Gasteiger charge is 2.36. The van der Waals surface area contributed by atoms with E-state index in [1.165, 1.54) is 16.6 Å². The number of carbonyl (C=O) groups excluding carboxylic acids is 1. The largest absolute Gasteiger partial charge is 0.334 e. The molecule has 0 aliphatic carbocycles. The van der Waals surface area contributed by atoms with E-state index in [4.69, 9.17) is 0 Å². The van der Waals surface area contributed by atoms with Gasteiger partial charge in [0.1, 0.15) is 5.69 Å². The fourth-order valence-electron chi connectivity index (χ4n) is 3.01. The number of carbonyl (C=O) groups is 1. The molecule has 5 nitrogen and oxygen atoms in total. The molecule has 1 amide bonds. The molecule has 2 aliphatic rings. The van der Waals surface area contributed by atoms with Crippen molar-refractivity contribution in [2.45, 2.75) is 19.0 Å². The first kappa shape index (κ1) is 12.9.